The molecule has 1 aromatic rings. The molecule has 0 aromatic carbocycles. The van der Waals surface area contributed by atoms with Crippen molar-refractivity contribution in [2.45, 2.75) is 32.4 Å². The van der Waals surface area contributed by atoms with Crippen molar-refractivity contribution >= 4 is 5.82 Å². The second-order valence-electron chi connectivity index (χ2n) is 4.24. The number of rotatable bonds is 4. The lowest BCUT2D eigenvalue weighted by molar-refractivity contribution is 0.232. The molecule has 0 saturated carbocycles. The highest BCUT2D eigenvalue weighted by Crippen LogP contribution is 2.13. The van der Waals surface area contributed by atoms with Crippen LogP contribution in [-0.2, 0) is 0 Å². The van der Waals surface area contributed by atoms with Gasteiger partial charge < -0.3 is 15.4 Å². The van der Waals surface area contributed by atoms with Gasteiger partial charge in [-0.1, -0.05) is 0 Å². The van der Waals surface area contributed by atoms with Gasteiger partial charge in [0.2, 0.25) is 5.88 Å². The van der Waals surface area contributed by atoms with Crippen LogP contribution in [0, 0.1) is 0 Å². The van der Waals surface area contributed by atoms with Gasteiger partial charge in [-0.15, -0.1) is 0 Å². The van der Waals surface area contributed by atoms with E-state index in [1.807, 2.05) is 13.8 Å². The molecule has 88 valence electrons. The Hall–Kier alpha value is -1.36. The fraction of sp³-hybridized carbons (Fsp3) is 0.636. The number of nitrogens with zero attached hydrogens (tertiary/aromatic N) is 2. The van der Waals surface area contributed by atoms with Crippen LogP contribution in [0.3, 0.4) is 0 Å². The third-order valence-corrected chi connectivity index (χ3v) is 2.38. The van der Waals surface area contributed by atoms with Crippen molar-refractivity contribution in [2.75, 3.05) is 18.4 Å². The molecule has 2 rings (SSSR count). The van der Waals surface area contributed by atoms with E-state index >= 15 is 0 Å². The quantitative estimate of drug-likeness (QED) is 0.797. The Labute approximate surface area is 95.6 Å². The zero-order valence-electron chi connectivity index (χ0n) is 9.73. The lowest BCUT2D eigenvalue weighted by Crippen LogP contribution is -2.23. The molecular weight excluding hydrogens is 204 g/mol. The predicted molar refractivity (Wildman–Crippen MR) is 62.7 cm³/mol. The number of anilines is 1. The summed E-state index contributed by atoms with van der Waals surface area (Å²) in [6.45, 7) is 6.00. The van der Waals surface area contributed by atoms with Gasteiger partial charge in [-0.25, -0.2) is 0 Å². The molecule has 2 N–H and O–H groups in total. The molecule has 0 radical (unpaired) electrons. The minimum atomic E-state index is 0.123. The lowest BCUT2D eigenvalue weighted by atomic mass is 10.3. The third kappa shape index (κ3) is 3.06. The molecular formula is C11H18N4O. The SMILES string of the molecule is CC(C)Oc1cncc(NC2CCNC2)n1. The van der Waals surface area contributed by atoms with Crippen LogP contribution >= 0.6 is 0 Å². The second-order valence-corrected chi connectivity index (χ2v) is 4.24. The van der Waals surface area contributed by atoms with Crippen LogP contribution < -0.4 is 15.4 Å². The Morgan fingerprint density at radius 3 is 3.06 bits per heavy atom. The number of nitrogens with one attached hydrogen (secondary N) is 2. The van der Waals surface area contributed by atoms with Gasteiger partial charge in [-0.2, -0.15) is 4.98 Å². The van der Waals surface area contributed by atoms with Gasteiger partial charge in [0.1, 0.15) is 5.82 Å². The lowest BCUT2D eigenvalue weighted by Gasteiger charge is -2.13. The topological polar surface area (TPSA) is 59.1 Å². The Bertz CT molecular complexity index is 337. The van der Waals surface area contributed by atoms with Crippen LogP contribution in [0.1, 0.15) is 20.3 Å². The normalized spacial score (nSPS) is 20.1. The molecule has 1 aromatic heterocycles. The van der Waals surface area contributed by atoms with Gasteiger partial charge in [0, 0.05) is 12.6 Å². The molecule has 1 aliphatic rings. The highest BCUT2D eigenvalue weighted by Gasteiger charge is 2.14. The largest absolute Gasteiger partial charge is 0.474 e. The number of hydrogen-bond acceptors (Lipinski definition) is 5. The maximum Gasteiger partial charge on any atom is 0.234 e. The fourth-order valence-corrected chi connectivity index (χ4v) is 1.70. The summed E-state index contributed by atoms with van der Waals surface area (Å²) in [6.07, 6.45) is 4.61. The standard InChI is InChI=1S/C11H18N4O/c1-8(2)16-11-7-13-6-10(15-11)14-9-3-4-12-5-9/h6-9,12H,3-5H2,1-2H3,(H,14,15). The van der Waals surface area contributed by atoms with Crippen molar-refractivity contribution in [1.29, 1.82) is 0 Å². The highest BCUT2D eigenvalue weighted by molar-refractivity contribution is 5.35. The van der Waals surface area contributed by atoms with Gasteiger partial charge >= 0.3 is 0 Å². The number of ether oxygens (including phenoxy) is 1. The molecule has 5 heteroatoms. The molecule has 1 unspecified atom stereocenters. The molecule has 5 nitrogen and oxygen atoms in total. The molecule has 2 heterocycles. The average molecular weight is 222 g/mol. The van der Waals surface area contributed by atoms with E-state index in [0.29, 0.717) is 11.9 Å². The number of hydrogen-bond donors (Lipinski definition) is 2. The molecule has 0 bridgehead atoms. The van der Waals surface area contributed by atoms with E-state index in [9.17, 15) is 0 Å². The van der Waals surface area contributed by atoms with Gasteiger partial charge in [-0.3, -0.25) is 4.98 Å². The first-order chi connectivity index (χ1) is 7.74. The third-order valence-electron chi connectivity index (χ3n) is 2.38. The minimum absolute atomic E-state index is 0.123. The van der Waals surface area contributed by atoms with Crippen LogP contribution in [0.5, 0.6) is 5.88 Å². The first-order valence-corrected chi connectivity index (χ1v) is 5.70. The van der Waals surface area contributed by atoms with E-state index in [4.69, 9.17) is 4.74 Å². The predicted octanol–water partition coefficient (Wildman–Crippen LogP) is 1.04. The van der Waals surface area contributed by atoms with Crippen molar-refractivity contribution in [3.05, 3.63) is 12.4 Å². The molecule has 1 saturated heterocycles. The minimum Gasteiger partial charge on any atom is -0.474 e. The van der Waals surface area contributed by atoms with Crippen LogP contribution in [0.4, 0.5) is 5.82 Å². The van der Waals surface area contributed by atoms with E-state index in [1.165, 1.54) is 0 Å². The van der Waals surface area contributed by atoms with E-state index in [0.717, 1.165) is 25.3 Å². The molecule has 1 aliphatic heterocycles. The molecule has 0 amide bonds. The average Bonchev–Trinajstić information content (AvgIpc) is 2.70. The zero-order chi connectivity index (χ0) is 11.4. The first-order valence-electron chi connectivity index (χ1n) is 5.70. The van der Waals surface area contributed by atoms with Gasteiger partial charge in [0.15, 0.2) is 0 Å². The van der Waals surface area contributed by atoms with E-state index in [2.05, 4.69) is 20.6 Å². The smallest absolute Gasteiger partial charge is 0.234 e. The summed E-state index contributed by atoms with van der Waals surface area (Å²) in [6, 6.07) is 0.448. The highest BCUT2D eigenvalue weighted by atomic mass is 16.5. The number of aromatic nitrogens is 2. The summed E-state index contributed by atoms with van der Waals surface area (Å²) < 4.78 is 5.49. The maximum atomic E-state index is 5.49. The van der Waals surface area contributed by atoms with Gasteiger partial charge in [-0.05, 0) is 26.8 Å². The van der Waals surface area contributed by atoms with Gasteiger partial charge in [0.25, 0.3) is 0 Å². The van der Waals surface area contributed by atoms with Crippen molar-refractivity contribution in [3.63, 3.8) is 0 Å². The van der Waals surface area contributed by atoms with Crippen molar-refractivity contribution in [2.24, 2.45) is 0 Å². The Morgan fingerprint density at radius 2 is 2.38 bits per heavy atom. The zero-order valence-corrected chi connectivity index (χ0v) is 9.73. The summed E-state index contributed by atoms with van der Waals surface area (Å²) in [5, 5.41) is 6.64. The van der Waals surface area contributed by atoms with Crippen LogP contribution in [0.25, 0.3) is 0 Å². The summed E-state index contributed by atoms with van der Waals surface area (Å²) >= 11 is 0. The van der Waals surface area contributed by atoms with Crippen molar-refractivity contribution < 1.29 is 4.74 Å². The van der Waals surface area contributed by atoms with E-state index in [1.54, 1.807) is 12.4 Å². The van der Waals surface area contributed by atoms with Crippen LogP contribution in [0.15, 0.2) is 12.4 Å². The second kappa shape index (κ2) is 5.12. The van der Waals surface area contributed by atoms with E-state index in [-0.39, 0.29) is 6.10 Å². The molecule has 16 heavy (non-hydrogen) atoms. The fourth-order valence-electron chi connectivity index (χ4n) is 1.70. The van der Waals surface area contributed by atoms with Crippen LogP contribution in [-0.4, -0.2) is 35.2 Å². The Kier molecular flexibility index (Phi) is 3.56. The van der Waals surface area contributed by atoms with Crippen molar-refractivity contribution in [1.82, 2.24) is 15.3 Å². The maximum absolute atomic E-state index is 5.49. The molecule has 1 atom stereocenters. The van der Waals surface area contributed by atoms with Crippen LogP contribution in [0.2, 0.25) is 0 Å². The Balaban J connectivity index is 1.97. The molecule has 0 spiro atoms. The summed E-state index contributed by atoms with van der Waals surface area (Å²) in [5.41, 5.74) is 0. The summed E-state index contributed by atoms with van der Waals surface area (Å²) in [7, 11) is 0. The molecule has 0 aliphatic carbocycles. The van der Waals surface area contributed by atoms with Gasteiger partial charge in [0.05, 0.1) is 18.5 Å². The summed E-state index contributed by atoms with van der Waals surface area (Å²) in [5.74, 6) is 1.36. The molecule has 1 fully saturated rings. The van der Waals surface area contributed by atoms with Crippen molar-refractivity contribution in [3.8, 4) is 5.88 Å². The Morgan fingerprint density at radius 1 is 1.50 bits per heavy atom. The monoisotopic (exact) mass is 222 g/mol. The summed E-state index contributed by atoms with van der Waals surface area (Å²) in [4.78, 5) is 8.46. The first kappa shape index (κ1) is 11.1. The van der Waals surface area contributed by atoms with E-state index < -0.39 is 0 Å².